The summed E-state index contributed by atoms with van der Waals surface area (Å²) in [4.78, 5) is 0. The van der Waals surface area contributed by atoms with Gasteiger partial charge in [-0.25, -0.2) is 0 Å². The molecule has 0 radical (unpaired) electrons. The molecule has 0 fully saturated rings. The van der Waals surface area contributed by atoms with Gasteiger partial charge >= 0.3 is 0 Å². The van der Waals surface area contributed by atoms with Crippen LogP contribution in [-0.2, 0) is 0 Å². The molecule has 1 aromatic rings. The summed E-state index contributed by atoms with van der Waals surface area (Å²) >= 11 is 0. The zero-order valence-corrected chi connectivity index (χ0v) is 8.67. The van der Waals surface area contributed by atoms with Gasteiger partial charge in [0.1, 0.15) is 0 Å². The highest BCUT2D eigenvalue weighted by atomic mass is 14.2. The highest BCUT2D eigenvalue weighted by Crippen LogP contribution is 2.40. The van der Waals surface area contributed by atoms with Crippen molar-refractivity contribution in [1.82, 2.24) is 0 Å². The maximum atomic E-state index is 3.88. The minimum absolute atomic E-state index is 1.27. The van der Waals surface area contributed by atoms with E-state index < -0.39 is 0 Å². The second-order valence-electron chi connectivity index (χ2n) is 3.49. The van der Waals surface area contributed by atoms with Crippen LogP contribution in [0.15, 0.2) is 48.6 Å². The Balaban J connectivity index is 2.75. The van der Waals surface area contributed by atoms with Gasteiger partial charge in [-0.1, -0.05) is 43.0 Å². The Hall–Kier alpha value is -1.56. The first-order valence-electron chi connectivity index (χ1n) is 4.89. The number of fused-ring (bicyclic) bond motifs is 1. The molecule has 1 aliphatic carbocycles. The van der Waals surface area contributed by atoms with Gasteiger partial charge in [0.05, 0.1) is 0 Å². The van der Waals surface area contributed by atoms with E-state index in [4.69, 9.17) is 0 Å². The summed E-state index contributed by atoms with van der Waals surface area (Å²) in [7, 11) is 0. The molecule has 0 aliphatic heterocycles. The normalized spacial score (nSPS) is 17.4. The van der Waals surface area contributed by atoms with Crippen molar-refractivity contribution in [2.24, 2.45) is 0 Å². The summed E-state index contributed by atoms with van der Waals surface area (Å²) in [5, 5.41) is 0. The van der Waals surface area contributed by atoms with Gasteiger partial charge in [-0.15, -0.1) is 0 Å². The molecule has 0 saturated heterocycles. The van der Waals surface area contributed by atoms with Crippen molar-refractivity contribution < 1.29 is 0 Å². The van der Waals surface area contributed by atoms with E-state index in [1.165, 1.54) is 27.8 Å². The summed E-state index contributed by atoms with van der Waals surface area (Å²) < 4.78 is 0. The Morgan fingerprint density at radius 2 is 1.79 bits per heavy atom. The Morgan fingerprint density at radius 1 is 1.14 bits per heavy atom. The highest BCUT2D eigenvalue weighted by molar-refractivity contribution is 6.02. The van der Waals surface area contributed by atoms with E-state index in [2.05, 4.69) is 50.8 Å². The molecule has 0 unspecified atom stereocenters. The van der Waals surface area contributed by atoms with Gasteiger partial charge in [0.15, 0.2) is 0 Å². The fourth-order valence-corrected chi connectivity index (χ4v) is 2.14. The average molecular weight is 182 g/mol. The van der Waals surface area contributed by atoms with Crippen molar-refractivity contribution in [3.05, 3.63) is 59.7 Å². The van der Waals surface area contributed by atoms with Gasteiger partial charge in [0.2, 0.25) is 0 Å². The number of rotatable bonds is 1. The van der Waals surface area contributed by atoms with Crippen molar-refractivity contribution in [1.29, 1.82) is 0 Å². The fourth-order valence-electron chi connectivity index (χ4n) is 2.14. The van der Waals surface area contributed by atoms with Crippen molar-refractivity contribution in [2.45, 2.75) is 13.8 Å². The number of allylic oxidation sites excluding steroid dienone is 5. The van der Waals surface area contributed by atoms with Crippen LogP contribution in [0.4, 0.5) is 0 Å². The lowest BCUT2D eigenvalue weighted by atomic mass is 10.0. The molecule has 0 heterocycles. The van der Waals surface area contributed by atoms with E-state index in [9.17, 15) is 0 Å². The van der Waals surface area contributed by atoms with Crippen LogP contribution in [0.1, 0.15) is 25.0 Å². The maximum absolute atomic E-state index is 3.88. The monoisotopic (exact) mass is 182 g/mol. The zero-order chi connectivity index (χ0) is 10.1. The molecule has 0 amide bonds. The minimum atomic E-state index is 1.27. The Bertz CT molecular complexity index is 445. The molecule has 0 atom stereocenters. The molecule has 1 aliphatic rings. The molecule has 2 rings (SSSR count). The van der Waals surface area contributed by atoms with Crippen molar-refractivity contribution >= 4 is 11.1 Å². The van der Waals surface area contributed by atoms with E-state index >= 15 is 0 Å². The van der Waals surface area contributed by atoms with E-state index in [1.807, 2.05) is 6.08 Å². The van der Waals surface area contributed by atoms with Crippen molar-refractivity contribution in [3.8, 4) is 0 Å². The van der Waals surface area contributed by atoms with Gasteiger partial charge in [-0.2, -0.15) is 0 Å². The van der Waals surface area contributed by atoms with Crippen molar-refractivity contribution in [2.75, 3.05) is 0 Å². The summed E-state index contributed by atoms with van der Waals surface area (Å²) in [6.45, 7) is 8.12. The second kappa shape index (κ2) is 3.30. The molecular formula is C14H14. The van der Waals surface area contributed by atoms with Gasteiger partial charge in [0.25, 0.3) is 0 Å². The molecule has 0 heteroatoms. The van der Waals surface area contributed by atoms with Crippen LogP contribution in [0, 0.1) is 0 Å². The summed E-state index contributed by atoms with van der Waals surface area (Å²) in [5.74, 6) is 0. The van der Waals surface area contributed by atoms with Gasteiger partial charge < -0.3 is 0 Å². The molecule has 0 bridgehead atoms. The van der Waals surface area contributed by atoms with Crippen LogP contribution < -0.4 is 0 Å². The molecule has 1 aromatic carbocycles. The Kier molecular flexibility index (Phi) is 2.12. The van der Waals surface area contributed by atoms with Crippen LogP contribution in [0.25, 0.3) is 11.1 Å². The lowest BCUT2D eigenvalue weighted by molar-refractivity contribution is 1.55. The zero-order valence-electron chi connectivity index (χ0n) is 8.67. The van der Waals surface area contributed by atoms with Crippen LogP contribution in [0.3, 0.4) is 0 Å². The molecule has 14 heavy (non-hydrogen) atoms. The van der Waals surface area contributed by atoms with Gasteiger partial charge in [-0.3, -0.25) is 0 Å². The molecule has 0 saturated carbocycles. The molecule has 0 aromatic heterocycles. The van der Waals surface area contributed by atoms with E-state index in [0.29, 0.717) is 0 Å². The summed E-state index contributed by atoms with van der Waals surface area (Å²) in [5.41, 5.74) is 6.60. The summed E-state index contributed by atoms with van der Waals surface area (Å²) in [6.07, 6.45) is 4.12. The number of hydrogen-bond donors (Lipinski definition) is 0. The van der Waals surface area contributed by atoms with Crippen LogP contribution >= 0.6 is 0 Å². The number of hydrogen-bond acceptors (Lipinski definition) is 0. The molecule has 0 nitrogen and oxygen atoms in total. The van der Waals surface area contributed by atoms with E-state index in [-0.39, 0.29) is 0 Å². The fraction of sp³-hybridized carbons (Fsp3) is 0.143. The van der Waals surface area contributed by atoms with Crippen LogP contribution in [0.5, 0.6) is 0 Å². The third-order valence-corrected chi connectivity index (χ3v) is 2.81. The first-order chi connectivity index (χ1) is 6.79. The van der Waals surface area contributed by atoms with E-state index in [0.717, 1.165) is 0 Å². The first-order valence-corrected chi connectivity index (χ1v) is 4.89. The molecule has 0 spiro atoms. The first kappa shape index (κ1) is 9.01. The van der Waals surface area contributed by atoms with Crippen LogP contribution in [-0.4, -0.2) is 0 Å². The molecular weight excluding hydrogens is 168 g/mol. The predicted octanol–water partition coefficient (Wildman–Crippen LogP) is 4.06. The lowest BCUT2D eigenvalue weighted by Crippen LogP contribution is -1.80. The SMILES string of the molecule is C=CC1=C(C)/C(=C/C)c2ccccc21. The third-order valence-electron chi connectivity index (χ3n) is 2.81. The number of benzene rings is 1. The second-order valence-corrected chi connectivity index (χ2v) is 3.49. The Labute approximate surface area is 85.3 Å². The highest BCUT2D eigenvalue weighted by Gasteiger charge is 2.19. The Morgan fingerprint density at radius 3 is 2.36 bits per heavy atom. The topological polar surface area (TPSA) is 0 Å². The standard InChI is InChI=1S/C14H14/c1-4-11-10(3)12(5-2)14-9-7-6-8-13(11)14/h4-9H,1H2,2-3H3/b12-5-. The largest absolute Gasteiger partial charge is 0.0984 e. The van der Waals surface area contributed by atoms with Crippen molar-refractivity contribution in [3.63, 3.8) is 0 Å². The third kappa shape index (κ3) is 1.07. The van der Waals surface area contributed by atoms with Crippen LogP contribution in [0.2, 0.25) is 0 Å². The predicted molar refractivity (Wildman–Crippen MR) is 62.9 cm³/mol. The molecule has 0 N–H and O–H groups in total. The van der Waals surface area contributed by atoms with Gasteiger partial charge in [0, 0.05) is 0 Å². The molecule has 70 valence electrons. The van der Waals surface area contributed by atoms with E-state index in [1.54, 1.807) is 0 Å². The van der Waals surface area contributed by atoms with Gasteiger partial charge in [-0.05, 0) is 41.7 Å². The summed E-state index contributed by atoms with van der Waals surface area (Å²) in [6, 6.07) is 8.49. The minimum Gasteiger partial charge on any atom is -0.0984 e. The lowest BCUT2D eigenvalue weighted by Gasteiger charge is -2.00. The quantitative estimate of drug-likeness (QED) is 0.614. The average Bonchev–Trinajstić information content (AvgIpc) is 2.49. The maximum Gasteiger partial charge on any atom is -0.0103 e. The smallest absolute Gasteiger partial charge is 0.0103 e.